The maximum atomic E-state index is 13.1. The number of amides is 3. The number of nitrogens with zero attached hydrogens (tertiary/aromatic N) is 1. The molecule has 3 aromatic rings. The molecule has 0 bridgehead atoms. The van der Waals surface area contributed by atoms with E-state index in [1.807, 2.05) is 6.92 Å². The molecule has 1 heterocycles. The minimum absolute atomic E-state index is 0.106. The van der Waals surface area contributed by atoms with Gasteiger partial charge in [0.2, 0.25) is 0 Å². The molecular formula is C28H23Cl2N3O5. The molecule has 3 amide bonds. The molecule has 10 heteroatoms. The summed E-state index contributed by atoms with van der Waals surface area (Å²) in [7, 11) is 0. The average Bonchev–Trinajstić information content (AvgIpc) is 3.12. The number of anilines is 3. The predicted molar refractivity (Wildman–Crippen MR) is 147 cm³/mol. The lowest BCUT2D eigenvalue weighted by Gasteiger charge is -2.16. The minimum atomic E-state index is -0.676. The van der Waals surface area contributed by atoms with E-state index in [4.69, 9.17) is 27.9 Å². The Bertz CT molecular complexity index is 1470. The summed E-state index contributed by atoms with van der Waals surface area (Å²) in [6.07, 6.45) is 0.701. The van der Waals surface area contributed by atoms with Crippen molar-refractivity contribution in [3.05, 3.63) is 99.2 Å². The third-order valence-corrected chi connectivity index (χ3v) is 6.27. The molecule has 0 aromatic heterocycles. The minimum Gasteiger partial charge on any atom is -0.462 e. The van der Waals surface area contributed by atoms with Crippen LogP contribution in [0.3, 0.4) is 0 Å². The smallest absolute Gasteiger partial charge is 0.338 e. The molecule has 0 saturated heterocycles. The van der Waals surface area contributed by atoms with E-state index >= 15 is 0 Å². The molecule has 8 nitrogen and oxygen atoms in total. The van der Waals surface area contributed by atoms with Crippen LogP contribution in [0, 0.1) is 6.92 Å². The number of imide groups is 1. The van der Waals surface area contributed by atoms with Crippen LogP contribution >= 0.6 is 23.2 Å². The fourth-order valence-electron chi connectivity index (χ4n) is 3.67. The maximum absolute atomic E-state index is 13.1. The Morgan fingerprint density at radius 2 is 1.66 bits per heavy atom. The van der Waals surface area contributed by atoms with Crippen molar-refractivity contribution in [2.75, 3.05) is 22.1 Å². The Kier molecular flexibility index (Phi) is 8.14. The van der Waals surface area contributed by atoms with E-state index in [2.05, 4.69) is 10.6 Å². The van der Waals surface area contributed by atoms with Gasteiger partial charge in [-0.1, -0.05) is 42.3 Å². The number of ether oxygens (including phenoxy) is 1. The normalized spacial score (nSPS) is 13.1. The number of nitrogens with one attached hydrogen (secondary N) is 2. The highest BCUT2D eigenvalue weighted by atomic mass is 35.5. The van der Waals surface area contributed by atoms with E-state index in [9.17, 15) is 19.2 Å². The first-order valence-electron chi connectivity index (χ1n) is 11.7. The van der Waals surface area contributed by atoms with E-state index in [1.165, 1.54) is 6.07 Å². The zero-order valence-electron chi connectivity index (χ0n) is 20.5. The second kappa shape index (κ2) is 11.5. The largest absolute Gasteiger partial charge is 0.462 e. The van der Waals surface area contributed by atoms with Gasteiger partial charge in [0.25, 0.3) is 17.7 Å². The molecule has 1 aliphatic heterocycles. The van der Waals surface area contributed by atoms with Gasteiger partial charge in [-0.2, -0.15) is 0 Å². The molecule has 0 fully saturated rings. The zero-order valence-corrected chi connectivity index (χ0v) is 22.0. The first-order chi connectivity index (χ1) is 18.2. The molecule has 0 unspecified atom stereocenters. The lowest BCUT2D eigenvalue weighted by molar-refractivity contribution is -0.120. The van der Waals surface area contributed by atoms with Crippen molar-refractivity contribution in [2.24, 2.45) is 0 Å². The standard InChI is InChI=1S/C28H23Cl2N3O5/c1-3-13-38-28(37)18-5-4-6-20(14-18)31-25(34)17-8-7-16(2)22(15-17)32-24-23(30)26(35)33(27(24)36)21-11-9-19(29)10-12-21/h4-12,14-15,32H,3,13H2,1-2H3,(H,31,34). The van der Waals surface area contributed by atoms with Gasteiger partial charge in [-0.3, -0.25) is 14.4 Å². The summed E-state index contributed by atoms with van der Waals surface area (Å²) in [6, 6.07) is 17.5. The number of aryl methyl sites for hydroxylation is 1. The van der Waals surface area contributed by atoms with Gasteiger partial charge in [0, 0.05) is 22.0 Å². The molecule has 0 radical (unpaired) electrons. The van der Waals surface area contributed by atoms with E-state index in [1.54, 1.807) is 67.6 Å². The Morgan fingerprint density at radius 3 is 2.37 bits per heavy atom. The highest BCUT2D eigenvalue weighted by Crippen LogP contribution is 2.31. The number of hydrogen-bond acceptors (Lipinski definition) is 6. The van der Waals surface area contributed by atoms with Gasteiger partial charge in [-0.15, -0.1) is 0 Å². The van der Waals surface area contributed by atoms with E-state index < -0.39 is 23.7 Å². The van der Waals surface area contributed by atoms with Crippen molar-refractivity contribution < 1.29 is 23.9 Å². The topological polar surface area (TPSA) is 105 Å². The molecule has 0 atom stereocenters. The molecule has 0 saturated carbocycles. The summed E-state index contributed by atoms with van der Waals surface area (Å²) >= 11 is 12.2. The van der Waals surface area contributed by atoms with Crippen molar-refractivity contribution in [1.29, 1.82) is 0 Å². The third-order valence-electron chi connectivity index (χ3n) is 5.66. The molecule has 3 aromatic carbocycles. The second-order valence-electron chi connectivity index (χ2n) is 8.44. The third kappa shape index (κ3) is 5.72. The fourth-order valence-corrected chi connectivity index (χ4v) is 4.01. The van der Waals surface area contributed by atoms with Crippen LogP contribution in [-0.2, 0) is 14.3 Å². The van der Waals surface area contributed by atoms with Crippen molar-refractivity contribution >= 4 is 64.0 Å². The van der Waals surface area contributed by atoms with Gasteiger partial charge in [-0.25, -0.2) is 9.69 Å². The van der Waals surface area contributed by atoms with E-state index in [0.29, 0.717) is 46.2 Å². The number of esters is 1. The summed E-state index contributed by atoms with van der Waals surface area (Å²) in [4.78, 5) is 51.9. The summed E-state index contributed by atoms with van der Waals surface area (Å²) in [5.74, 6) is -2.23. The van der Waals surface area contributed by atoms with Crippen LogP contribution in [-0.4, -0.2) is 30.3 Å². The van der Waals surface area contributed by atoms with Crippen LogP contribution in [0.1, 0.15) is 39.6 Å². The van der Waals surface area contributed by atoms with Crippen LogP contribution in [0.2, 0.25) is 5.02 Å². The van der Waals surface area contributed by atoms with Crippen LogP contribution < -0.4 is 15.5 Å². The van der Waals surface area contributed by atoms with E-state index in [-0.39, 0.29) is 16.3 Å². The second-order valence-corrected chi connectivity index (χ2v) is 9.25. The summed E-state index contributed by atoms with van der Waals surface area (Å²) in [5, 5.41) is 5.86. The first kappa shape index (κ1) is 26.9. The number of carbonyl (C=O) groups excluding carboxylic acids is 4. The molecule has 2 N–H and O–H groups in total. The number of hydrogen-bond donors (Lipinski definition) is 2. The Hall–Kier alpha value is -4.14. The van der Waals surface area contributed by atoms with Gasteiger partial charge < -0.3 is 15.4 Å². The number of carbonyl (C=O) groups is 4. The van der Waals surface area contributed by atoms with Crippen LogP contribution in [0.5, 0.6) is 0 Å². The molecule has 0 aliphatic carbocycles. The van der Waals surface area contributed by atoms with Crippen molar-refractivity contribution in [3.8, 4) is 0 Å². The lowest BCUT2D eigenvalue weighted by atomic mass is 10.1. The molecule has 1 aliphatic rings. The summed E-state index contributed by atoms with van der Waals surface area (Å²) in [6.45, 7) is 3.98. The number of benzene rings is 3. The van der Waals surface area contributed by atoms with Crippen LogP contribution in [0.4, 0.5) is 17.1 Å². The highest BCUT2D eigenvalue weighted by molar-refractivity contribution is 6.53. The highest BCUT2D eigenvalue weighted by Gasteiger charge is 2.39. The van der Waals surface area contributed by atoms with E-state index in [0.717, 1.165) is 4.90 Å². The predicted octanol–water partition coefficient (Wildman–Crippen LogP) is 5.90. The maximum Gasteiger partial charge on any atom is 0.338 e. The van der Waals surface area contributed by atoms with Crippen LogP contribution in [0.15, 0.2) is 77.5 Å². The average molecular weight is 552 g/mol. The molecule has 0 spiro atoms. The molecule has 38 heavy (non-hydrogen) atoms. The Morgan fingerprint density at radius 1 is 0.921 bits per heavy atom. The molecular weight excluding hydrogens is 529 g/mol. The Labute approximate surface area is 229 Å². The molecule has 4 rings (SSSR count). The fraction of sp³-hybridized carbons (Fsp3) is 0.143. The lowest BCUT2D eigenvalue weighted by Crippen LogP contribution is -2.32. The number of halogens is 2. The zero-order chi connectivity index (χ0) is 27.4. The first-order valence-corrected chi connectivity index (χ1v) is 12.5. The van der Waals surface area contributed by atoms with Gasteiger partial charge in [0.1, 0.15) is 10.7 Å². The summed E-state index contributed by atoms with van der Waals surface area (Å²) in [5.41, 5.74) is 2.36. The van der Waals surface area contributed by atoms with Gasteiger partial charge >= 0.3 is 5.97 Å². The van der Waals surface area contributed by atoms with Crippen LogP contribution in [0.25, 0.3) is 0 Å². The molecule has 194 valence electrons. The van der Waals surface area contributed by atoms with Crippen molar-refractivity contribution in [3.63, 3.8) is 0 Å². The summed E-state index contributed by atoms with van der Waals surface area (Å²) < 4.78 is 5.14. The van der Waals surface area contributed by atoms with Gasteiger partial charge in [-0.05, 0) is 73.5 Å². The van der Waals surface area contributed by atoms with Crippen molar-refractivity contribution in [2.45, 2.75) is 20.3 Å². The number of rotatable bonds is 8. The quantitative estimate of drug-likeness (QED) is 0.266. The van der Waals surface area contributed by atoms with Crippen molar-refractivity contribution in [1.82, 2.24) is 0 Å². The monoisotopic (exact) mass is 551 g/mol. The SMILES string of the molecule is CCCOC(=O)c1cccc(NC(=O)c2ccc(C)c(NC3=C(Cl)C(=O)N(c4ccc(Cl)cc4)C3=O)c2)c1. The van der Waals surface area contributed by atoms with Gasteiger partial charge in [0.05, 0.1) is 17.9 Å². The Balaban J connectivity index is 1.52. The van der Waals surface area contributed by atoms with Gasteiger partial charge in [0.15, 0.2) is 0 Å².